The average Bonchev–Trinajstić information content (AvgIpc) is 3.21. The maximum absolute atomic E-state index is 14.7. The summed E-state index contributed by atoms with van der Waals surface area (Å²) in [5, 5.41) is 9.69. The van der Waals surface area contributed by atoms with Gasteiger partial charge in [0.15, 0.2) is 0 Å². The van der Waals surface area contributed by atoms with Crippen LogP contribution in [0.15, 0.2) is 40.3 Å². The number of halogens is 1. The zero-order valence-corrected chi connectivity index (χ0v) is 19.7. The number of piperidine rings is 1. The number of carbonyl (C=O) groups excluding carboxylic acids is 1. The maximum Gasteiger partial charge on any atom is 0.212 e. The number of carbonyl (C=O) groups is 1. The lowest BCUT2D eigenvalue weighted by Gasteiger charge is -2.37. The fourth-order valence-electron chi connectivity index (χ4n) is 4.77. The third-order valence-corrected chi connectivity index (χ3v) is 6.70. The fourth-order valence-corrected chi connectivity index (χ4v) is 4.77. The molecule has 1 unspecified atom stereocenters. The molecule has 0 aliphatic carbocycles. The number of likely N-dealkylation sites (tertiary alicyclic amines) is 1. The molecule has 35 heavy (non-hydrogen) atoms. The van der Waals surface area contributed by atoms with Crippen molar-refractivity contribution in [2.45, 2.75) is 19.4 Å². The molecule has 3 aromatic rings. The second-order valence-corrected chi connectivity index (χ2v) is 8.99. The average molecular weight is 477 g/mol. The summed E-state index contributed by atoms with van der Waals surface area (Å²) in [6.45, 7) is 4.02. The van der Waals surface area contributed by atoms with E-state index in [2.05, 4.69) is 37.8 Å². The minimum absolute atomic E-state index is 0.101. The minimum atomic E-state index is -0.384. The van der Waals surface area contributed by atoms with Crippen molar-refractivity contribution >= 4 is 52.2 Å². The zero-order chi connectivity index (χ0) is 24.5. The number of amides is 1. The molecular weight excluding hydrogens is 447 g/mol. The number of aromatic nitrogens is 1. The summed E-state index contributed by atoms with van der Waals surface area (Å²) in [4.78, 5) is 26.3. The van der Waals surface area contributed by atoms with Gasteiger partial charge in [0, 0.05) is 49.0 Å². The van der Waals surface area contributed by atoms with Gasteiger partial charge in [-0.2, -0.15) is 0 Å². The van der Waals surface area contributed by atoms with E-state index in [-0.39, 0.29) is 17.8 Å². The van der Waals surface area contributed by atoms with Crippen LogP contribution in [0, 0.1) is 11.7 Å². The van der Waals surface area contributed by atoms with Crippen molar-refractivity contribution in [1.29, 1.82) is 0 Å². The van der Waals surface area contributed by atoms with E-state index in [1.54, 1.807) is 7.05 Å². The fraction of sp³-hybridized carbons (Fsp3) is 0.320. The van der Waals surface area contributed by atoms with E-state index in [1.165, 1.54) is 12.1 Å². The molecule has 9 nitrogen and oxygen atoms in total. The molecule has 1 amide bonds. The minimum Gasteiger partial charge on any atom is -0.386 e. The van der Waals surface area contributed by atoms with Gasteiger partial charge in [-0.3, -0.25) is 9.79 Å². The predicted octanol–water partition coefficient (Wildman–Crippen LogP) is 3.47. The lowest BCUT2D eigenvalue weighted by molar-refractivity contribution is -0.105. The summed E-state index contributed by atoms with van der Waals surface area (Å²) < 4.78 is 14.7. The number of nitrogens with two attached hydrogens (primary N) is 1. The first kappa shape index (κ1) is 22.9. The summed E-state index contributed by atoms with van der Waals surface area (Å²) in [5.74, 6) is 0.969. The van der Waals surface area contributed by atoms with Crippen LogP contribution in [0.25, 0.3) is 10.9 Å². The van der Waals surface area contributed by atoms with Crippen LogP contribution in [0.2, 0.25) is 0 Å². The topological polar surface area (TPSA) is 123 Å². The van der Waals surface area contributed by atoms with E-state index >= 15 is 0 Å². The van der Waals surface area contributed by atoms with Gasteiger partial charge in [0.1, 0.15) is 24.1 Å². The number of nitrogens with one attached hydrogen (secondary N) is 4. The van der Waals surface area contributed by atoms with Crippen molar-refractivity contribution in [1.82, 2.24) is 9.88 Å². The van der Waals surface area contributed by atoms with Crippen molar-refractivity contribution in [3.8, 4) is 0 Å². The largest absolute Gasteiger partial charge is 0.386 e. The number of hydrogen-bond donors (Lipinski definition) is 5. The molecule has 1 aromatic heterocycles. The first-order chi connectivity index (χ1) is 17.0. The first-order valence-electron chi connectivity index (χ1n) is 11.7. The quantitative estimate of drug-likeness (QED) is 0.219. The molecule has 2 aliphatic rings. The van der Waals surface area contributed by atoms with Crippen LogP contribution >= 0.6 is 0 Å². The van der Waals surface area contributed by atoms with Crippen molar-refractivity contribution in [2.24, 2.45) is 21.6 Å². The van der Waals surface area contributed by atoms with Crippen LogP contribution in [-0.2, 0) is 4.79 Å². The number of benzene rings is 2. The number of H-pyrrole nitrogens is 1. The number of aromatic amines is 1. The number of nitrogens with zero attached hydrogens (tertiary/aromatic N) is 3. The summed E-state index contributed by atoms with van der Waals surface area (Å²) >= 11 is 0. The van der Waals surface area contributed by atoms with Crippen LogP contribution in [0.1, 0.15) is 24.5 Å². The molecule has 3 heterocycles. The molecular formula is C25H29FN8O. The lowest BCUT2D eigenvalue weighted by Crippen LogP contribution is -2.48. The Morgan fingerprint density at radius 2 is 2.20 bits per heavy atom. The molecule has 0 spiro atoms. The van der Waals surface area contributed by atoms with E-state index in [9.17, 15) is 9.18 Å². The van der Waals surface area contributed by atoms with Gasteiger partial charge in [0.25, 0.3) is 0 Å². The highest BCUT2D eigenvalue weighted by Gasteiger charge is 2.29. The number of anilines is 3. The Balaban J connectivity index is 1.72. The van der Waals surface area contributed by atoms with Crippen molar-refractivity contribution in [3.63, 3.8) is 0 Å². The van der Waals surface area contributed by atoms with E-state index in [1.807, 2.05) is 24.4 Å². The first-order valence-corrected chi connectivity index (χ1v) is 11.7. The van der Waals surface area contributed by atoms with Gasteiger partial charge in [-0.1, -0.05) is 6.92 Å². The molecule has 10 heteroatoms. The number of aliphatic imine (C=N–C) groups is 2. The standard InChI is InChI=1S/C25H29FN8O/c1-14-11-34(6-5-19(14)27)25(32-17-4-3-15-10-29-12-30-20(15)9-17)22-18-7-16(26)8-21(28-2)23(18)33-24(22)31-13-35/h3-4,7-10,13-14,19,28,30,33H,5-6,11-12,27H2,1-2H3,(H,31,35)/t14-,19?/m1/s1. The Morgan fingerprint density at radius 1 is 1.34 bits per heavy atom. The van der Waals surface area contributed by atoms with E-state index in [4.69, 9.17) is 10.7 Å². The smallest absolute Gasteiger partial charge is 0.212 e. The molecule has 2 aromatic carbocycles. The third-order valence-electron chi connectivity index (χ3n) is 6.70. The maximum atomic E-state index is 14.7. The normalized spacial score (nSPS) is 19.9. The molecule has 0 bridgehead atoms. The van der Waals surface area contributed by atoms with E-state index < -0.39 is 0 Å². The highest BCUT2D eigenvalue weighted by atomic mass is 19.1. The van der Waals surface area contributed by atoms with E-state index in [0.717, 1.165) is 23.4 Å². The summed E-state index contributed by atoms with van der Waals surface area (Å²) in [7, 11) is 1.73. The van der Waals surface area contributed by atoms with Gasteiger partial charge in [-0.25, -0.2) is 9.38 Å². The second-order valence-electron chi connectivity index (χ2n) is 8.99. The van der Waals surface area contributed by atoms with E-state index in [0.29, 0.717) is 60.0 Å². The van der Waals surface area contributed by atoms with Crippen LogP contribution in [0.5, 0.6) is 0 Å². The number of amidine groups is 1. The Bertz CT molecular complexity index is 1330. The Hall–Kier alpha value is -3.92. The Labute approximate surface area is 202 Å². The van der Waals surface area contributed by atoms with Crippen molar-refractivity contribution in [2.75, 3.05) is 42.8 Å². The third kappa shape index (κ3) is 4.32. The van der Waals surface area contributed by atoms with Crippen LogP contribution in [0.3, 0.4) is 0 Å². The molecule has 182 valence electrons. The van der Waals surface area contributed by atoms with Crippen molar-refractivity contribution < 1.29 is 9.18 Å². The molecule has 0 saturated carbocycles. The molecule has 1 fully saturated rings. The predicted molar refractivity (Wildman–Crippen MR) is 140 cm³/mol. The number of hydrogen-bond acceptors (Lipinski definition) is 6. The molecule has 2 aliphatic heterocycles. The molecule has 6 N–H and O–H groups in total. The number of rotatable bonds is 5. The summed E-state index contributed by atoms with van der Waals surface area (Å²) in [5.41, 5.74) is 10.9. The molecule has 1 saturated heterocycles. The second kappa shape index (κ2) is 9.38. The van der Waals surface area contributed by atoms with Gasteiger partial charge in [-0.05, 0) is 42.7 Å². The van der Waals surface area contributed by atoms with Gasteiger partial charge in [0.05, 0.1) is 22.5 Å². The van der Waals surface area contributed by atoms with Crippen LogP contribution < -0.4 is 21.7 Å². The van der Waals surface area contributed by atoms with Crippen LogP contribution in [0.4, 0.5) is 27.3 Å². The molecule has 0 radical (unpaired) electrons. The Morgan fingerprint density at radius 3 is 2.97 bits per heavy atom. The monoisotopic (exact) mass is 476 g/mol. The Kier molecular flexibility index (Phi) is 6.12. The van der Waals surface area contributed by atoms with Crippen molar-refractivity contribution in [3.05, 3.63) is 47.3 Å². The van der Waals surface area contributed by atoms with Crippen LogP contribution in [-0.4, -0.2) is 61.2 Å². The highest BCUT2D eigenvalue weighted by molar-refractivity contribution is 6.17. The SMILES string of the molecule is CNc1cc(F)cc2c(C(=Nc3ccc4c(c3)NCN=C4)N3CCC(N)[C@H](C)C3)c(NC=O)[nH]c12. The zero-order valence-electron chi connectivity index (χ0n) is 19.7. The van der Waals surface area contributed by atoms with Gasteiger partial charge < -0.3 is 31.6 Å². The summed E-state index contributed by atoms with van der Waals surface area (Å²) in [6.07, 6.45) is 3.25. The van der Waals surface area contributed by atoms with Gasteiger partial charge in [-0.15, -0.1) is 0 Å². The molecule has 2 atom stereocenters. The number of fused-ring (bicyclic) bond motifs is 2. The summed E-state index contributed by atoms with van der Waals surface area (Å²) in [6, 6.07) is 8.86. The molecule has 5 rings (SSSR count). The van der Waals surface area contributed by atoms with Gasteiger partial charge in [0.2, 0.25) is 6.41 Å². The highest BCUT2D eigenvalue weighted by Crippen LogP contribution is 2.35. The lowest BCUT2D eigenvalue weighted by atomic mass is 9.94. The van der Waals surface area contributed by atoms with Gasteiger partial charge >= 0.3 is 0 Å².